The molecule has 0 atom stereocenters. The van der Waals surface area contributed by atoms with Crippen molar-refractivity contribution >= 4 is 11.8 Å². The first-order chi connectivity index (χ1) is 12.7. The Morgan fingerprint density at radius 3 is 2.42 bits per heavy atom. The second-order valence-corrected chi connectivity index (χ2v) is 7.24. The zero-order valence-electron chi connectivity index (χ0n) is 15.8. The summed E-state index contributed by atoms with van der Waals surface area (Å²) < 4.78 is 0. The second kappa shape index (κ2) is 12.4. The van der Waals surface area contributed by atoms with Gasteiger partial charge in [0.05, 0.1) is 0 Å². The largest absolute Gasteiger partial charge is 0.356 e. The van der Waals surface area contributed by atoms with E-state index in [9.17, 15) is 9.59 Å². The van der Waals surface area contributed by atoms with Crippen LogP contribution in [-0.2, 0) is 16.0 Å². The molecule has 26 heavy (non-hydrogen) atoms. The minimum atomic E-state index is -0.0318. The fourth-order valence-corrected chi connectivity index (χ4v) is 3.42. The van der Waals surface area contributed by atoms with Gasteiger partial charge in [-0.3, -0.25) is 14.6 Å². The number of hydrogen-bond acceptors (Lipinski definition) is 3. The van der Waals surface area contributed by atoms with Crippen molar-refractivity contribution < 1.29 is 9.59 Å². The molecular formula is C21H33N3O2. The maximum absolute atomic E-state index is 12.0. The molecule has 0 unspecified atom stereocenters. The lowest BCUT2D eigenvalue weighted by atomic mass is 9.96. The summed E-state index contributed by atoms with van der Waals surface area (Å²) >= 11 is 0. The first-order valence-corrected chi connectivity index (χ1v) is 10.2. The summed E-state index contributed by atoms with van der Waals surface area (Å²) in [6.07, 6.45) is 13.6. The normalized spacial score (nSPS) is 15.7. The number of nitrogens with one attached hydrogen (secondary N) is 2. The van der Waals surface area contributed by atoms with E-state index in [1.54, 1.807) is 6.20 Å². The molecule has 0 bridgehead atoms. The monoisotopic (exact) mass is 359 g/mol. The molecular weight excluding hydrogens is 326 g/mol. The first-order valence-electron chi connectivity index (χ1n) is 10.2. The molecule has 1 aliphatic carbocycles. The van der Waals surface area contributed by atoms with Gasteiger partial charge in [-0.1, -0.05) is 38.2 Å². The SMILES string of the molecule is O=C(CCC(=O)NC1CCCCCCC1)NCCCCc1ccccn1. The topological polar surface area (TPSA) is 71.1 Å². The second-order valence-electron chi connectivity index (χ2n) is 7.24. The summed E-state index contributed by atoms with van der Waals surface area (Å²) in [6, 6.07) is 6.23. The summed E-state index contributed by atoms with van der Waals surface area (Å²) in [7, 11) is 0. The zero-order chi connectivity index (χ0) is 18.5. The predicted molar refractivity (Wildman–Crippen MR) is 104 cm³/mol. The van der Waals surface area contributed by atoms with Gasteiger partial charge < -0.3 is 10.6 Å². The third-order valence-electron chi connectivity index (χ3n) is 4.96. The van der Waals surface area contributed by atoms with Crippen molar-refractivity contribution in [3.8, 4) is 0 Å². The number of amides is 2. The molecule has 0 aromatic carbocycles. The van der Waals surface area contributed by atoms with Gasteiger partial charge in [-0.25, -0.2) is 0 Å². The number of carbonyl (C=O) groups excluding carboxylic acids is 2. The smallest absolute Gasteiger partial charge is 0.220 e. The van der Waals surface area contributed by atoms with Crippen molar-refractivity contribution in [3.63, 3.8) is 0 Å². The minimum absolute atomic E-state index is 0.0147. The molecule has 0 aliphatic heterocycles. The van der Waals surface area contributed by atoms with Gasteiger partial charge in [0.2, 0.25) is 11.8 Å². The van der Waals surface area contributed by atoms with Crippen molar-refractivity contribution in [1.29, 1.82) is 0 Å². The number of rotatable bonds is 9. The van der Waals surface area contributed by atoms with Crippen LogP contribution < -0.4 is 10.6 Å². The highest BCUT2D eigenvalue weighted by atomic mass is 16.2. The van der Waals surface area contributed by atoms with Crippen LogP contribution >= 0.6 is 0 Å². The average molecular weight is 360 g/mol. The number of pyridine rings is 1. The van der Waals surface area contributed by atoms with Crippen LogP contribution in [0, 0.1) is 0 Å². The lowest BCUT2D eigenvalue weighted by Crippen LogP contribution is -2.36. The van der Waals surface area contributed by atoms with Crippen LogP contribution in [0.15, 0.2) is 24.4 Å². The molecule has 1 aromatic rings. The predicted octanol–water partition coefficient (Wildman–Crippen LogP) is 3.53. The van der Waals surface area contributed by atoms with Crippen LogP contribution in [0.25, 0.3) is 0 Å². The Morgan fingerprint density at radius 2 is 1.69 bits per heavy atom. The number of nitrogens with zero attached hydrogens (tertiary/aromatic N) is 1. The molecule has 1 aromatic heterocycles. The Bertz CT molecular complexity index is 525. The summed E-state index contributed by atoms with van der Waals surface area (Å²) in [5.74, 6) is -0.0171. The van der Waals surface area contributed by atoms with E-state index in [0.717, 1.165) is 37.8 Å². The van der Waals surface area contributed by atoms with E-state index in [4.69, 9.17) is 0 Å². The van der Waals surface area contributed by atoms with Crippen molar-refractivity contribution in [2.75, 3.05) is 6.54 Å². The van der Waals surface area contributed by atoms with Crippen molar-refractivity contribution in [1.82, 2.24) is 15.6 Å². The van der Waals surface area contributed by atoms with E-state index in [-0.39, 0.29) is 24.7 Å². The molecule has 1 heterocycles. The summed E-state index contributed by atoms with van der Waals surface area (Å²) in [6.45, 7) is 0.663. The lowest BCUT2D eigenvalue weighted by Gasteiger charge is -2.21. The van der Waals surface area contributed by atoms with Crippen molar-refractivity contribution in [2.45, 2.75) is 83.1 Å². The molecule has 1 aliphatic rings. The van der Waals surface area contributed by atoms with E-state index in [1.807, 2.05) is 18.2 Å². The van der Waals surface area contributed by atoms with Gasteiger partial charge in [0.1, 0.15) is 0 Å². The Labute approximate surface area is 157 Å². The molecule has 0 radical (unpaired) electrons. The van der Waals surface area contributed by atoms with Gasteiger partial charge >= 0.3 is 0 Å². The van der Waals surface area contributed by atoms with Crippen LogP contribution in [0.4, 0.5) is 0 Å². The maximum Gasteiger partial charge on any atom is 0.220 e. The van der Waals surface area contributed by atoms with Crippen LogP contribution in [0.2, 0.25) is 0 Å². The summed E-state index contributed by atoms with van der Waals surface area (Å²) in [5.41, 5.74) is 1.09. The Hall–Kier alpha value is -1.91. The molecule has 5 nitrogen and oxygen atoms in total. The van der Waals surface area contributed by atoms with Crippen LogP contribution in [0.1, 0.15) is 76.3 Å². The van der Waals surface area contributed by atoms with Crippen LogP contribution in [0.5, 0.6) is 0 Å². The fraction of sp³-hybridized carbons (Fsp3) is 0.667. The highest BCUT2D eigenvalue weighted by Gasteiger charge is 2.14. The molecule has 0 spiro atoms. The van der Waals surface area contributed by atoms with Gasteiger partial charge in [-0.2, -0.15) is 0 Å². The van der Waals surface area contributed by atoms with E-state index < -0.39 is 0 Å². The van der Waals surface area contributed by atoms with Crippen molar-refractivity contribution in [2.24, 2.45) is 0 Å². The molecule has 0 saturated heterocycles. The Morgan fingerprint density at radius 1 is 0.962 bits per heavy atom. The summed E-state index contributed by atoms with van der Waals surface area (Å²) in [5, 5.41) is 6.02. The van der Waals surface area contributed by atoms with Gasteiger partial charge in [-0.05, 0) is 44.2 Å². The van der Waals surface area contributed by atoms with E-state index in [2.05, 4.69) is 15.6 Å². The van der Waals surface area contributed by atoms with E-state index in [0.29, 0.717) is 12.6 Å². The third-order valence-corrected chi connectivity index (χ3v) is 4.96. The highest BCUT2D eigenvalue weighted by Crippen LogP contribution is 2.17. The molecule has 2 N–H and O–H groups in total. The van der Waals surface area contributed by atoms with Gasteiger partial charge in [0, 0.05) is 37.3 Å². The molecule has 144 valence electrons. The molecule has 2 rings (SSSR count). The number of aryl methyl sites for hydroxylation is 1. The third kappa shape index (κ3) is 8.97. The quantitative estimate of drug-likeness (QED) is 0.663. The van der Waals surface area contributed by atoms with Crippen molar-refractivity contribution in [3.05, 3.63) is 30.1 Å². The number of carbonyl (C=O) groups is 2. The number of aromatic nitrogens is 1. The summed E-state index contributed by atoms with van der Waals surface area (Å²) in [4.78, 5) is 28.2. The van der Waals surface area contributed by atoms with Crippen LogP contribution in [-0.4, -0.2) is 29.4 Å². The molecule has 1 saturated carbocycles. The molecule has 2 amide bonds. The lowest BCUT2D eigenvalue weighted by molar-refractivity contribution is -0.126. The van der Waals surface area contributed by atoms with Crippen LogP contribution in [0.3, 0.4) is 0 Å². The Balaban J connectivity index is 1.50. The van der Waals surface area contributed by atoms with Gasteiger partial charge in [0.25, 0.3) is 0 Å². The van der Waals surface area contributed by atoms with E-state index >= 15 is 0 Å². The number of unbranched alkanes of at least 4 members (excludes halogenated alkanes) is 1. The van der Waals surface area contributed by atoms with E-state index in [1.165, 1.54) is 32.1 Å². The Kier molecular flexibility index (Phi) is 9.77. The minimum Gasteiger partial charge on any atom is -0.356 e. The first kappa shape index (κ1) is 20.4. The maximum atomic E-state index is 12.0. The molecule has 5 heteroatoms. The molecule has 1 fully saturated rings. The fourth-order valence-electron chi connectivity index (χ4n) is 3.42. The van der Waals surface area contributed by atoms with Gasteiger partial charge in [-0.15, -0.1) is 0 Å². The highest BCUT2D eigenvalue weighted by molar-refractivity contribution is 5.83. The average Bonchev–Trinajstić information content (AvgIpc) is 2.63. The standard InChI is InChI=1S/C21H33N3O2/c25-20(23-17-9-7-11-18-10-6-8-16-22-18)14-15-21(26)24-19-12-4-2-1-3-5-13-19/h6,8,10,16,19H,1-5,7,9,11-15,17H2,(H,23,25)(H,24,26). The zero-order valence-corrected chi connectivity index (χ0v) is 15.8. The van der Waals surface area contributed by atoms with Gasteiger partial charge in [0.15, 0.2) is 0 Å². The number of hydrogen-bond donors (Lipinski definition) is 2.